The smallest absolute Gasteiger partial charge is 0.165 e. The quantitative estimate of drug-likeness (QED) is 0.713. The molecule has 1 rings (SSSR count). The van der Waals surface area contributed by atoms with E-state index in [0.717, 1.165) is 18.7 Å². The molecule has 1 aromatic rings. The van der Waals surface area contributed by atoms with E-state index >= 15 is 0 Å². The number of rotatable bonds is 3. The van der Waals surface area contributed by atoms with Crippen LogP contribution in [0.25, 0.3) is 0 Å². The zero-order valence-electron chi connectivity index (χ0n) is 8.34. The van der Waals surface area contributed by atoms with Gasteiger partial charge in [-0.25, -0.2) is 9.37 Å². The number of nitrogens with zero attached hydrogens (tertiary/aromatic N) is 2. The molecule has 3 heteroatoms. The van der Waals surface area contributed by atoms with Crippen LogP contribution < -0.4 is 4.90 Å². The molecule has 0 saturated carbocycles. The minimum absolute atomic E-state index is 0.233. The lowest BCUT2D eigenvalue weighted by Crippen LogP contribution is -2.24. The van der Waals surface area contributed by atoms with Gasteiger partial charge in [0.15, 0.2) is 11.6 Å². The van der Waals surface area contributed by atoms with Gasteiger partial charge in [-0.3, -0.25) is 0 Å². The van der Waals surface area contributed by atoms with E-state index in [1.165, 1.54) is 6.07 Å². The van der Waals surface area contributed by atoms with Gasteiger partial charge in [0.1, 0.15) is 0 Å². The van der Waals surface area contributed by atoms with E-state index in [1.807, 2.05) is 25.7 Å². The van der Waals surface area contributed by atoms with Gasteiger partial charge in [0, 0.05) is 19.3 Å². The molecule has 0 atom stereocenters. The summed E-state index contributed by atoms with van der Waals surface area (Å²) in [6.07, 6.45) is 1.69. The molecule has 0 spiro atoms. The zero-order chi connectivity index (χ0) is 9.84. The van der Waals surface area contributed by atoms with E-state index in [9.17, 15) is 4.39 Å². The summed E-state index contributed by atoms with van der Waals surface area (Å²) in [5.74, 6) is 0.222. The summed E-state index contributed by atoms with van der Waals surface area (Å²) in [6, 6.07) is 1.51. The van der Waals surface area contributed by atoms with Crippen molar-refractivity contribution in [2.24, 2.45) is 0 Å². The summed E-state index contributed by atoms with van der Waals surface area (Å²) in [7, 11) is 0. The van der Waals surface area contributed by atoms with Crippen molar-refractivity contribution in [2.75, 3.05) is 18.0 Å². The van der Waals surface area contributed by atoms with Crippen LogP contribution in [0.4, 0.5) is 10.2 Å². The number of hydrogen-bond acceptors (Lipinski definition) is 2. The first-order valence-corrected chi connectivity index (χ1v) is 4.56. The average molecular weight is 182 g/mol. The Morgan fingerprint density at radius 1 is 1.38 bits per heavy atom. The Morgan fingerprint density at radius 2 is 2.00 bits per heavy atom. The summed E-state index contributed by atoms with van der Waals surface area (Å²) >= 11 is 0. The van der Waals surface area contributed by atoms with Crippen molar-refractivity contribution in [3.63, 3.8) is 0 Å². The van der Waals surface area contributed by atoms with Crippen LogP contribution in [0.1, 0.15) is 19.4 Å². The lowest BCUT2D eigenvalue weighted by molar-refractivity contribution is 0.610. The maximum absolute atomic E-state index is 13.4. The number of hydrogen-bond donors (Lipinski definition) is 0. The molecule has 0 saturated heterocycles. The second-order valence-corrected chi connectivity index (χ2v) is 2.99. The second-order valence-electron chi connectivity index (χ2n) is 2.99. The van der Waals surface area contributed by atoms with Crippen LogP contribution in [-0.2, 0) is 0 Å². The molecule has 1 heterocycles. The lowest BCUT2D eigenvalue weighted by atomic mass is 10.3. The fourth-order valence-electron chi connectivity index (χ4n) is 1.28. The number of pyridine rings is 1. The van der Waals surface area contributed by atoms with Gasteiger partial charge >= 0.3 is 0 Å². The molecule has 0 aromatic carbocycles. The monoisotopic (exact) mass is 182 g/mol. The Hall–Kier alpha value is -1.12. The van der Waals surface area contributed by atoms with E-state index in [4.69, 9.17) is 0 Å². The molecule has 0 bridgehead atoms. The summed E-state index contributed by atoms with van der Waals surface area (Å²) in [4.78, 5) is 5.97. The first-order valence-electron chi connectivity index (χ1n) is 4.56. The molecule has 13 heavy (non-hydrogen) atoms. The molecule has 2 nitrogen and oxygen atoms in total. The molecule has 1 aromatic heterocycles. The van der Waals surface area contributed by atoms with E-state index in [0.29, 0.717) is 5.82 Å². The van der Waals surface area contributed by atoms with Crippen molar-refractivity contribution in [1.29, 1.82) is 0 Å². The maximum Gasteiger partial charge on any atom is 0.165 e. The van der Waals surface area contributed by atoms with Crippen molar-refractivity contribution in [2.45, 2.75) is 20.8 Å². The third-order valence-corrected chi connectivity index (χ3v) is 2.02. The Balaban J connectivity index is 2.99. The fraction of sp³-hybridized carbons (Fsp3) is 0.500. The Morgan fingerprint density at radius 3 is 2.46 bits per heavy atom. The zero-order valence-corrected chi connectivity index (χ0v) is 8.34. The summed E-state index contributed by atoms with van der Waals surface area (Å²) in [6.45, 7) is 7.38. The van der Waals surface area contributed by atoms with Crippen LogP contribution in [0.5, 0.6) is 0 Å². The minimum atomic E-state index is -0.233. The highest BCUT2D eigenvalue weighted by Gasteiger charge is 2.09. The molecule has 0 aliphatic heterocycles. The summed E-state index contributed by atoms with van der Waals surface area (Å²) in [5.41, 5.74) is 0.855. The van der Waals surface area contributed by atoms with Crippen molar-refractivity contribution in [1.82, 2.24) is 4.98 Å². The van der Waals surface area contributed by atoms with Crippen LogP contribution in [0.2, 0.25) is 0 Å². The first kappa shape index (κ1) is 9.96. The number of halogens is 1. The highest BCUT2D eigenvalue weighted by atomic mass is 19.1. The van der Waals surface area contributed by atoms with Crippen LogP contribution in [0.3, 0.4) is 0 Å². The highest BCUT2D eigenvalue weighted by Crippen LogP contribution is 2.15. The van der Waals surface area contributed by atoms with Crippen LogP contribution in [0, 0.1) is 12.7 Å². The molecule has 0 N–H and O–H groups in total. The van der Waals surface area contributed by atoms with Gasteiger partial charge in [-0.1, -0.05) is 0 Å². The normalized spacial score (nSPS) is 10.2. The number of anilines is 1. The third kappa shape index (κ3) is 2.17. The Labute approximate surface area is 78.4 Å². The van der Waals surface area contributed by atoms with Crippen molar-refractivity contribution in [3.05, 3.63) is 23.6 Å². The van der Waals surface area contributed by atoms with Gasteiger partial charge in [-0.2, -0.15) is 0 Å². The van der Waals surface area contributed by atoms with Crippen LogP contribution >= 0.6 is 0 Å². The SMILES string of the molecule is CCN(CC)c1ncc(C)cc1F. The van der Waals surface area contributed by atoms with Gasteiger partial charge in [0.25, 0.3) is 0 Å². The van der Waals surface area contributed by atoms with Crippen molar-refractivity contribution >= 4 is 5.82 Å². The van der Waals surface area contributed by atoms with Crippen molar-refractivity contribution in [3.8, 4) is 0 Å². The summed E-state index contributed by atoms with van der Waals surface area (Å²) < 4.78 is 13.4. The molecule has 0 fully saturated rings. The molecule has 72 valence electrons. The molecule has 0 radical (unpaired) electrons. The average Bonchev–Trinajstić information content (AvgIpc) is 2.10. The topological polar surface area (TPSA) is 16.1 Å². The Bertz CT molecular complexity index is 282. The fourth-order valence-corrected chi connectivity index (χ4v) is 1.28. The van der Waals surface area contributed by atoms with E-state index in [-0.39, 0.29) is 5.82 Å². The van der Waals surface area contributed by atoms with Gasteiger partial charge < -0.3 is 4.90 Å². The van der Waals surface area contributed by atoms with E-state index < -0.39 is 0 Å². The minimum Gasteiger partial charge on any atom is -0.355 e. The maximum atomic E-state index is 13.4. The Kier molecular flexibility index (Phi) is 3.23. The van der Waals surface area contributed by atoms with E-state index in [1.54, 1.807) is 6.20 Å². The summed E-state index contributed by atoms with van der Waals surface area (Å²) in [5, 5.41) is 0. The largest absolute Gasteiger partial charge is 0.355 e. The molecule has 0 aliphatic rings. The number of aromatic nitrogens is 1. The highest BCUT2D eigenvalue weighted by molar-refractivity contribution is 5.40. The van der Waals surface area contributed by atoms with E-state index in [2.05, 4.69) is 4.98 Å². The molecule has 0 unspecified atom stereocenters. The standard InChI is InChI=1S/C10H15FN2/c1-4-13(5-2)10-9(11)6-8(3)7-12-10/h6-7H,4-5H2,1-3H3. The molecule has 0 aliphatic carbocycles. The van der Waals surface area contributed by atoms with Gasteiger partial charge in [0.2, 0.25) is 0 Å². The molecule has 0 amide bonds. The van der Waals surface area contributed by atoms with Gasteiger partial charge in [-0.15, -0.1) is 0 Å². The second kappa shape index (κ2) is 4.21. The van der Waals surface area contributed by atoms with Crippen LogP contribution in [0.15, 0.2) is 12.3 Å². The predicted octanol–water partition coefficient (Wildman–Crippen LogP) is 2.38. The van der Waals surface area contributed by atoms with Gasteiger partial charge in [-0.05, 0) is 32.4 Å². The van der Waals surface area contributed by atoms with Crippen LogP contribution in [-0.4, -0.2) is 18.1 Å². The molecular formula is C10H15FN2. The number of aryl methyl sites for hydroxylation is 1. The lowest BCUT2D eigenvalue weighted by Gasteiger charge is -2.20. The molecular weight excluding hydrogens is 167 g/mol. The third-order valence-electron chi connectivity index (χ3n) is 2.02. The first-order chi connectivity index (χ1) is 6.19. The van der Waals surface area contributed by atoms with Crippen molar-refractivity contribution < 1.29 is 4.39 Å². The predicted molar refractivity (Wildman–Crippen MR) is 52.5 cm³/mol. The van der Waals surface area contributed by atoms with Gasteiger partial charge in [0.05, 0.1) is 0 Å².